The van der Waals surface area contributed by atoms with Crippen molar-refractivity contribution >= 4 is 40.5 Å². The molecule has 2 heterocycles. The van der Waals surface area contributed by atoms with E-state index < -0.39 is 0 Å². The van der Waals surface area contributed by atoms with Gasteiger partial charge in [0.2, 0.25) is 5.95 Å². The summed E-state index contributed by atoms with van der Waals surface area (Å²) in [6.07, 6.45) is 6.49. The van der Waals surface area contributed by atoms with Gasteiger partial charge in [0.05, 0.1) is 0 Å². The quantitative estimate of drug-likeness (QED) is 0.510. The summed E-state index contributed by atoms with van der Waals surface area (Å²) >= 11 is 2.30. The lowest BCUT2D eigenvalue weighted by atomic mass is 10.1. The molecule has 2 N–H and O–H groups in total. The van der Waals surface area contributed by atoms with Crippen molar-refractivity contribution in [2.75, 3.05) is 32.1 Å². The van der Waals surface area contributed by atoms with Gasteiger partial charge in [0.1, 0.15) is 5.84 Å². The summed E-state index contributed by atoms with van der Waals surface area (Å²) in [6.45, 7) is 1.97. The van der Waals surface area contributed by atoms with E-state index in [1.807, 2.05) is 13.1 Å². The number of hydrogen-bond acceptors (Lipinski definition) is 6. The Morgan fingerprint density at radius 3 is 2.91 bits per heavy atom. The predicted octanol–water partition coefficient (Wildman–Crippen LogP) is 1.89. The molecule has 0 aromatic carbocycles. The molecule has 1 atom stereocenters. The minimum atomic E-state index is 0.531. The number of anilines is 1. The second-order valence-corrected chi connectivity index (χ2v) is 7.94. The molecule has 2 aliphatic rings. The second kappa shape index (κ2) is 7.71. The SMILES string of the molecule is CN(I)CCCN(C)c1nccc(N=C2CC(C3CC3)NN2)n1. The molecule has 1 aliphatic heterocycles. The maximum atomic E-state index is 4.63. The lowest BCUT2D eigenvalue weighted by Gasteiger charge is -2.17. The maximum Gasteiger partial charge on any atom is 0.227 e. The highest BCUT2D eigenvalue weighted by Gasteiger charge is 2.35. The molecular formula is C15H24IN7. The van der Waals surface area contributed by atoms with Crippen molar-refractivity contribution in [3.63, 3.8) is 0 Å². The Labute approximate surface area is 151 Å². The fourth-order valence-electron chi connectivity index (χ4n) is 2.69. The molecule has 8 heteroatoms. The number of amidine groups is 1. The van der Waals surface area contributed by atoms with Crippen LogP contribution in [0.3, 0.4) is 0 Å². The van der Waals surface area contributed by atoms with Gasteiger partial charge >= 0.3 is 0 Å². The summed E-state index contributed by atoms with van der Waals surface area (Å²) in [5.41, 5.74) is 6.52. The molecule has 2 fully saturated rings. The van der Waals surface area contributed by atoms with E-state index in [2.05, 4.69) is 63.7 Å². The lowest BCUT2D eigenvalue weighted by molar-refractivity contribution is 0.504. The molecule has 23 heavy (non-hydrogen) atoms. The third-order valence-corrected chi connectivity index (χ3v) is 4.67. The van der Waals surface area contributed by atoms with Gasteiger partial charge in [-0.05, 0) is 32.2 Å². The number of rotatable bonds is 7. The third kappa shape index (κ3) is 4.98. The molecule has 7 nitrogen and oxygen atoms in total. The van der Waals surface area contributed by atoms with Gasteiger partial charge in [-0.2, -0.15) is 4.98 Å². The van der Waals surface area contributed by atoms with Crippen LogP contribution in [-0.4, -0.2) is 52.1 Å². The van der Waals surface area contributed by atoms with Gasteiger partial charge in [-0.15, -0.1) is 0 Å². The Kier molecular flexibility index (Phi) is 5.65. The summed E-state index contributed by atoms with van der Waals surface area (Å²) in [5.74, 6) is 3.24. The maximum absolute atomic E-state index is 4.63. The standard InChI is InChI=1S/C15H24IN7/c1-22(8-3-9-23(2)16)15-17-7-6-13(19-15)18-14-10-12(20-21-14)11-4-5-11/h6-7,11-12,20H,3-5,8-10H2,1-2H3,(H,17,18,19,21). The molecule has 0 amide bonds. The van der Waals surface area contributed by atoms with E-state index in [0.717, 1.165) is 43.6 Å². The van der Waals surface area contributed by atoms with Gasteiger partial charge < -0.3 is 10.3 Å². The fourth-order valence-corrected chi connectivity index (χ4v) is 3.03. The molecule has 1 aliphatic carbocycles. The van der Waals surface area contributed by atoms with Gasteiger partial charge in [-0.25, -0.2) is 15.4 Å². The summed E-state index contributed by atoms with van der Waals surface area (Å²) < 4.78 is 2.16. The van der Waals surface area contributed by atoms with E-state index in [-0.39, 0.29) is 0 Å². The first-order valence-electron chi connectivity index (χ1n) is 8.12. The zero-order chi connectivity index (χ0) is 16.2. The Hall–Kier alpha value is -1.00. The molecule has 1 aromatic heterocycles. The highest BCUT2D eigenvalue weighted by molar-refractivity contribution is 14.1. The van der Waals surface area contributed by atoms with Crippen LogP contribution >= 0.6 is 22.9 Å². The Balaban J connectivity index is 1.58. The number of aliphatic imine (C=N–C) groups is 1. The third-order valence-electron chi connectivity index (χ3n) is 4.19. The number of nitrogens with one attached hydrogen (secondary N) is 2. The van der Waals surface area contributed by atoms with Crippen molar-refractivity contribution in [3.8, 4) is 0 Å². The molecule has 1 aromatic rings. The first-order valence-corrected chi connectivity index (χ1v) is 9.08. The van der Waals surface area contributed by atoms with Crippen LogP contribution in [0, 0.1) is 5.92 Å². The summed E-state index contributed by atoms with van der Waals surface area (Å²) in [6, 6.07) is 2.39. The average molecular weight is 429 g/mol. The number of aromatic nitrogens is 2. The van der Waals surface area contributed by atoms with E-state index in [9.17, 15) is 0 Å². The van der Waals surface area contributed by atoms with Crippen molar-refractivity contribution in [3.05, 3.63) is 12.3 Å². The van der Waals surface area contributed by atoms with Crippen molar-refractivity contribution < 1.29 is 0 Å². The second-order valence-electron chi connectivity index (χ2n) is 6.29. The molecule has 1 saturated carbocycles. The highest BCUT2D eigenvalue weighted by atomic mass is 127. The summed E-state index contributed by atoms with van der Waals surface area (Å²) in [4.78, 5) is 15.6. The van der Waals surface area contributed by atoms with Crippen LogP contribution < -0.4 is 15.8 Å². The zero-order valence-corrected chi connectivity index (χ0v) is 15.8. The minimum Gasteiger partial charge on any atom is -0.344 e. The van der Waals surface area contributed by atoms with Crippen molar-refractivity contribution in [1.29, 1.82) is 0 Å². The smallest absolute Gasteiger partial charge is 0.227 e. The Morgan fingerprint density at radius 2 is 2.17 bits per heavy atom. The normalized spacial score (nSPS) is 22.6. The largest absolute Gasteiger partial charge is 0.344 e. The fraction of sp³-hybridized carbons (Fsp3) is 0.667. The summed E-state index contributed by atoms with van der Waals surface area (Å²) in [5, 5.41) is 0. The molecule has 3 rings (SSSR count). The first-order chi connectivity index (χ1) is 11.1. The first kappa shape index (κ1) is 16.8. The zero-order valence-electron chi connectivity index (χ0n) is 13.7. The van der Waals surface area contributed by atoms with Crippen LogP contribution in [0.5, 0.6) is 0 Å². The van der Waals surface area contributed by atoms with Crippen molar-refractivity contribution in [1.82, 2.24) is 23.9 Å². The van der Waals surface area contributed by atoms with Crippen LogP contribution in [0.2, 0.25) is 0 Å². The van der Waals surface area contributed by atoms with Crippen LogP contribution in [0.15, 0.2) is 17.3 Å². The average Bonchev–Trinajstić information content (AvgIpc) is 3.27. The van der Waals surface area contributed by atoms with Crippen molar-refractivity contribution in [2.24, 2.45) is 10.9 Å². The molecule has 0 spiro atoms. The number of hydrazine groups is 1. The van der Waals surface area contributed by atoms with Crippen molar-refractivity contribution in [2.45, 2.75) is 31.7 Å². The number of nitrogens with zero attached hydrogens (tertiary/aromatic N) is 5. The van der Waals surface area contributed by atoms with Gasteiger partial charge in [-0.1, -0.05) is 0 Å². The molecular weight excluding hydrogens is 405 g/mol. The Morgan fingerprint density at radius 1 is 1.35 bits per heavy atom. The van der Waals surface area contributed by atoms with Gasteiger partial charge in [0.15, 0.2) is 5.82 Å². The van der Waals surface area contributed by atoms with Gasteiger partial charge in [0, 0.05) is 67.7 Å². The van der Waals surface area contributed by atoms with E-state index in [4.69, 9.17) is 0 Å². The van der Waals surface area contributed by atoms with Crippen LogP contribution in [0.1, 0.15) is 25.7 Å². The van der Waals surface area contributed by atoms with Gasteiger partial charge in [-0.3, -0.25) is 3.11 Å². The predicted molar refractivity (Wildman–Crippen MR) is 101 cm³/mol. The van der Waals surface area contributed by atoms with Gasteiger partial charge in [0.25, 0.3) is 0 Å². The van der Waals surface area contributed by atoms with E-state index in [1.54, 1.807) is 6.20 Å². The topological polar surface area (TPSA) is 68.7 Å². The highest BCUT2D eigenvalue weighted by Crippen LogP contribution is 2.35. The number of hydrogen-bond donors (Lipinski definition) is 2. The monoisotopic (exact) mass is 429 g/mol. The minimum absolute atomic E-state index is 0.531. The van der Waals surface area contributed by atoms with Crippen LogP contribution in [0.4, 0.5) is 11.8 Å². The summed E-state index contributed by atoms with van der Waals surface area (Å²) in [7, 11) is 4.10. The molecule has 0 radical (unpaired) electrons. The lowest BCUT2D eigenvalue weighted by Crippen LogP contribution is -2.32. The number of halogens is 1. The van der Waals surface area contributed by atoms with E-state index in [0.29, 0.717) is 11.9 Å². The van der Waals surface area contributed by atoms with Crippen LogP contribution in [0.25, 0.3) is 0 Å². The Bertz CT molecular complexity index is 559. The molecule has 1 unspecified atom stereocenters. The van der Waals surface area contributed by atoms with E-state index >= 15 is 0 Å². The molecule has 0 bridgehead atoms. The molecule has 126 valence electrons. The van der Waals surface area contributed by atoms with E-state index in [1.165, 1.54) is 12.8 Å². The van der Waals surface area contributed by atoms with Crippen LogP contribution in [-0.2, 0) is 0 Å². The molecule has 1 saturated heterocycles.